The van der Waals surface area contributed by atoms with E-state index >= 15 is 0 Å². The van der Waals surface area contributed by atoms with E-state index in [1.165, 1.54) is 42.6 Å². The summed E-state index contributed by atoms with van der Waals surface area (Å²) >= 11 is 1.35. The number of aliphatic carboxylic acids is 1. The van der Waals surface area contributed by atoms with Crippen LogP contribution in [0.5, 0.6) is 0 Å². The van der Waals surface area contributed by atoms with Crippen LogP contribution in [-0.2, 0) is 40.5 Å². The number of carbonyl (C=O) groups excluding carboxylic acids is 2. The third kappa shape index (κ3) is 8.16. The van der Waals surface area contributed by atoms with Crippen LogP contribution in [0.1, 0.15) is 71.9 Å². The number of anilines is 2. The SMILES string of the molecule is CN(CCC(=O)O)S(=O)(=O)c1cccc(C(=O)Nc2sc3c(c2C(=O)Nc2ccc(CCc4ccc(C(=O)O)cc4)cc2)CCCC3)c1. The normalized spacial score (nSPS) is 12.7. The Morgan fingerprint density at radius 2 is 1.46 bits per heavy atom. The van der Waals surface area contributed by atoms with Gasteiger partial charge in [-0.2, -0.15) is 0 Å². The second kappa shape index (κ2) is 14.9. The average molecular weight is 690 g/mol. The fourth-order valence-electron chi connectivity index (χ4n) is 5.47. The predicted molar refractivity (Wildman–Crippen MR) is 183 cm³/mol. The molecule has 0 bridgehead atoms. The quantitative estimate of drug-likeness (QED) is 0.138. The molecule has 0 fully saturated rings. The highest BCUT2D eigenvalue weighted by molar-refractivity contribution is 7.89. The molecule has 0 aliphatic heterocycles. The standard InChI is InChI=1S/C35H35N3O8S2/c1-38(20-19-30(39)40)48(45,46)27-6-4-5-25(21-27)32(41)37-34-31(28-7-2-3-8-29(28)47-34)33(42)36-26-17-13-23(14-18-26)10-9-22-11-15-24(16-12-22)35(43)44/h4-6,11-18,21H,2-3,7-10,19-20H2,1H3,(H,36,42)(H,37,41)(H,39,40)(H,43,44). The number of carboxylic acid groups (broad SMARTS) is 2. The van der Waals surface area contributed by atoms with Crippen LogP contribution in [0, 0.1) is 0 Å². The minimum Gasteiger partial charge on any atom is -0.481 e. The summed E-state index contributed by atoms with van der Waals surface area (Å²) in [5.74, 6) is -3.02. The Kier molecular flexibility index (Phi) is 10.7. The van der Waals surface area contributed by atoms with Crippen LogP contribution in [0.15, 0.2) is 77.7 Å². The number of aryl methyl sites for hydroxylation is 3. The number of hydrogen-bond donors (Lipinski definition) is 4. The second-order valence-electron chi connectivity index (χ2n) is 11.5. The molecule has 1 aromatic heterocycles. The monoisotopic (exact) mass is 689 g/mol. The number of aromatic carboxylic acids is 1. The second-order valence-corrected chi connectivity index (χ2v) is 14.7. The lowest BCUT2D eigenvalue weighted by Crippen LogP contribution is -2.29. The summed E-state index contributed by atoms with van der Waals surface area (Å²) in [5.41, 5.74) is 4.28. The fraction of sp³-hybridized carbons (Fsp3) is 0.257. The minimum absolute atomic E-state index is 0.0776. The summed E-state index contributed by atoms with van der Waals surface area (Å²) in [7, 11) is -2.76. The van der Waals surface area contributed by atoms with Gasteiger partial charge in [0.2, 0.25) is 10.0 Å². The van der Waals surface area contributed by atoms with E-state index in [4.69, 9.17) is 10.2 Å². The van der Waals surface area contributed by atoms with Crippen LogP contribution < -0.4 is 10.6 Å². The number of benzene rings is 3. The third-order valence-electron chi connectivity index (χ3n) is 8.19. The molecule has 1 aliphatic carbocycles. The Labute approximate surface area is 282 Å². The molecule has 48 heavy (non-hydrogen) atoms. The van der Waals surface area contributed by atoms with Gasteiger partial charge in [-0.15, -0.1) is 11.3 Å². The summed E-state index contributed by atoms with van der Waals surface area (Å²) in [6.07, 6.45) is 4.48. The number of rotatable bonds is 13. The number of carbonyl (C=O) groups is 4. The van der Waals surface area contributed by atoms with Crippen molar-refractivity contribution in [3.63, 3.8) is 0 Å². The fourth-order valence-corrected chi connectivity index (χ4v) is 7.97. The third-order valence-corrected chi connectivity index (χ3v) is 11.2. The number of amides is 2. The Morgan fingerprint density at radius 3 is 2.10 bits per heavy atom. The van der Waals surface area contributed by atoms with Gasteiger partial charge in [0.25, 0.3) is 11.8 Å². The molecule has 5 rings (SSSR count). The molecule has 250 valence electrons. The van der Waals surface area contributed by atoms with Gasteiger partial charge in [-0.3, -0.25) is 14.4 Å². The number of carboxylic acids is 2. The van der Waals surface area contributed by atoms with E-state index in [1.807, 2.05) is 24.3 Å². The molecular weight excluding hydrogens is 655 g/mol. The van der Waals surface area contributed by atoms with Gasteiger partial charge in [-0.25, -0.2) is 17.5 Å². The molecule has 4 aromatic rings. The molecule has 0 spiro atoms. The maximum Gasteiger partial charge on any atom is 0.335 e. The molecule has 0 radical (unpaired) electrons. The van der Waals surface area contributed by atoms with E-state index in [1.54, 1.807) is 24.3 Å². The maximum atomic E-state index is 13.7. The Bertz CT molecular complexity index is 1950. The van der Waals surface area contributed by atoms with Crippen LogP contribution in [0.3, 0.4) is 0 Å². The van der Waals surface area contributed by atoms with Crippen LogP contribution in [0.25, 0.3) is 0 Å². The average Bonchev–Trinajstić information content (AvgIpc) is 3.44. The molecule has 2 amide bonds. The van der Waals surface area contributed by atoms with Gasteiger partial charge in [0.1, 0.15) is 5.00 Å². The Balaban J connectivity index is 1.29. The van der Waals surface area contributed by atoms with Crippen LogP contribution in [0.4, 0.5) is 10.7 Å². The van der Waals surface area contributed by atoms with Crippen molar-refractivity contribution < 1.29 is 37.8 Å². The van der Waals surface area contributed by atoms with Crippen molar-refractivity contribution in [2.24, 2.45) is 0 Å². The molecule has 1 aliphatic rings. The van der Waals surface area contributed by atoms with Gasteiger partial charge in [0.05, 0.1) is 22.4 Å². The zero-order valence-corrected chi connectivity index (χ0v) is 27.8. The number of nitrogens with zero attached hydrogens (tertiary/aromatic N) is 1. The van der Waals surface area contributed by atoms with Crippen molar-refractivity contribution in [1.29, 1.82) is 0 Å². The van der Waals surface area contributed by atoms with E-state index in [0.717, 1.165) is 58.0 Å². The molecule has 0 saturated heterocycles. The molecule has 0 saturated carbocycles. The molecule has 0 unspecified atom stereocenters. The highest BCUT2D eigenvalue weighted by Crippen LogP contribution is 2.39. The van der Waals surface area contributed by atoms with Crippen molar-refractivity contribution in [3.05, 3.63) is 111 Å². The smallest absolute Gasteiger partial charge is 0.335 e. The molecule has 13 heteroatoms. The first-order valence-corrected chi connectivity index (χ1v) is 17.6. The topological polar surface area (TPSA) is 170 Å². The van der Waals surface area contributed by atoms with Crippen molar-refractivity contribution in [2.75, 3.05) is 24.2 Å². The van der Waals surface area contributed by atoms with Crippen LogP contribution in [-0.4, -0.2) is 60.3 Å². The number of thiophene rings is 1. The van der Waals surface area contributed by atoms with Crippen LogP contribution >= 0.6 is 11.3 Å². The van der Waals surface area contributed by atoms with Crippen molar-refractivity contribution in [2.45, 2.75) is 49.8 Å². The first-order chi connectivity index (χ1) is 22.9. The molecule has 0 atom stereocenters. The van der Waals surface area contributed by atoms with E-state index in [0.29, 0.717) is 22.7 Å². The molecule has 11 nitrogen and oxygen atoms in total. The summed E-state index contributed by atoms with van der Waals surface area (Å²) in [4.78, 5) is 50.0. The summed E-state index contributed by atoms with van der Waals surface area (Å²) in [6, 6.07) is 19.8. The highest BCUT2D eigenvalue weighted by atomic mass is 32.2. The van der Waals surface area contributed by atoms with Crippen molar-refractivity contribution in [3.8, 4) is 0 Å². The van der Waals surface area contributed by atoms with E-state index in [-0.39, 0.29) is 34.9 Å². The summed E-state index contributed by atoms with van der Waals surface area (Å²) in [6.45, 7) is -0.222. The van der Waals surface area contributed by atoms with Crippen molar-refractivity contribution in [1.82, 2.24) is 4.31 Å². The van der Waals surface area contributed by atoms with Gasteiger partial charge in [-0.1, -0.05) is 30.3 Å². The summed E-state index contributed by atoms with van der Waals surface area (Å²) < 4.78 is 27.0. The lowest BCUT2D eigenvalue weighted by atomic mass is 9.95. The number of nitrogens with one attached hydrogen (secondary N) is 2. The first-order valence-electron chi connectivity index (χ1n) is 15.4. The highest BCUT2D eigenvalue weighted by Gasteiger charge is 2.28. The van der Waals surface area contributed by atoms with Gasteiger partial charge in [0, 0.05) is 29.7 Å². The Hall–Kier alpha value is -4.85. The van der Waals surface area contributed by atoms with Gasteiger partial charge in [0.15, 0.2) is 0 Å². The van der Waals surface area contributed by atoms with E-state index < -0.39 is 27.9 Å². The zero-order chi connectivity index (χ0) is 34.4. The zero-order valence-electron chi connectivity index (χ0n) is 26.2. The van der Waals surface area contributed by atoms with Crippen LogP contribution in [0.2, 0.25) is 0 Å². The maximum absolute atomic E-state index is 13.7. The van der Waals surface area contributed by atoms with Gasteiger partial charge < -0.3 is 20.8 Å². The number of hydrogen-bond acceptors (Lipinski definition) is 7. The summed E-state index contributed by atoms with van der Waals surface area (Å²) in [5, 5.41) is 24.2. The lowest BCUT2D eigenvalue weighted by molar-refractivity contribution is -0.137. The number of sulfonamides is 1. The largest absolute Gasteiger partial charge is 0.481 e. The molecule has 4 N–H and O–H groups in total. The van der Waals surface area contributed by atoms with E-state index in [2.05, 4.69) is 10.6 Å². The molecular formula is C35H35N3O8S2. The molecule has 3 aromatic carbocycles. The van der Waals surface area contributed by atoms with Gasteiger partial charge in [-0.05, 0) is 97.7 Å². The van der Waals surface area contributed by atoms with Gasteiger partial charge >= 0.3 is 11.9 Å². The minimum atomic E-state index is -4.04. The molecule has 1 heterocycles. The Morgan fingerprint density at radius 1 is 0.812 bits per heavy atom. The lowest BCUT2D eigenvalue weighted by Gasteiger charge is -2.16. The number of fused-ring (bicyclic) bond motifs is 1. The predicted octanol–water partition coefficient (Wildman–Crippen LogP) is 5.71. The first kappa shape index (κ1) is 34.5. The van der Waals surface area contributed by atoms with E-state index in [9.17, 15) is 27.6 Å². The van der Waals surface area contributed by atoms with Crippen molar-refractivity contribution >= 4 is 55.8 Å².